The first-order chi connectivity index (χ1) is 16.6. The van der Waals surface area contributed by atoms with Gasteiger partial charge in [0.15, 0.2) is 0 Å². The van der Waals surface area contributed by atoms with Crippen molar-refractivity contribution in [2.75, 3.05) is 48.3 Å². The smallest absolute Gasteiger partial charge is 0.403 e. The monoisotopic (exact) mass is 520 g/mol. The van der Waals surface area contributed by atoms with Crippen molar-refractivity contribution >= 4 is 33.9 Å². The van der Waals surface area contributed by atoms with Gasteiger partial charge in [-0.05, 0) is 23.2 Å². The molecule has 0 saturated carbocycles. The van der Waals surface area contributed by atoms with E-state index in [1.165, 1.54) is 0 Å². The fourth-order valence-electron chi connectivity index (χ4n) is 5.25. The zero-order valence-corrected chi connectivity index (χ0v) is 23.5. The second kappa shape index (κ2) is 11.2. The van der Waals surface area contributed by atoms with E-state index in [-0.39, 0.29) is 12.2 Å². The molecule has 0 spiro atoms. The van der Waals surface area contributed by atoms with E-state index in [1.807, 2.05) is 12.1 Å². The molecule has 2 aromatic rings. The molecular formula is C24H36O7Si3. The molecule has 2 aliphatic heterocycles. The molecule has 2 heterocycles. The Hall–Kier alpha value is -1.19. The lowest BCUT2D eigenvalue weighted by Crippen LogP contribution is -2.93. The van der Waals surface area contributed by atoms with E-state index in [2.05, 4.69) is 48.5 Å². The molecule has 34 heavy (non-hydrogen) atoms. The highest BCUT2D eigenvalue weighted by Gasteiger charge is 2.81. The average molecular weight is 521 g/mol. The van der Waals surface area contributed by atoms with Crippen LogP contribution in [0, 0.1) is 0 Å². The number of hydrogen-bond donors (Lipinski definition) is 0. The van der Waals surface area contributed by atoms with Gasteiger partial charge in [0.05, 0.1) is 13.2 Å². The first kappa shape index (κ1) is 25.9. The van der Waals surface area contributed by atoms with Crippen LogP contribution in [0.4, 0.5) is 0 Å². The van der Waals surface area contributed by atoms with Gasteiger partial charge in [0.25, 0.3) is 0 Å². The number of hydrogen-bond acceptors (Lipinski definition) is 7. The lowest BCUT2D eigenvalue weighted by molar-refractivity contribution is 0.0971. The van der Waals surface area contributed by atoms with Crippen molar-refractivity contribution < 1.29 is 31.6 Å². The molecule has 0 bridgehead atoms. The van der Waals surface area contributed by atoms with Gasteiger partial charge in [0.2, 0.25) is 0 Å². The van der Waals surface area contributed by atoms with Crippen LogP contribution in [-0.2, 0) is 31.6 Å². The molecule has 2 atom stereocenters. The molecule has 2 unspecified atom stereocenters. The Balaban J connectivity index is 1.78. The van der Waals surface area contributed by atoms with Crippen LogP contribution >= 0.6 is 0 Å². The van der Waals surface area contributed by atoms with E-state index >= 15 is 0 Å². The highest BCUT2D eigenvalue weighted by Crippen LogP contribution is 2.42. The maximum absolute atomic E-state index is 7.29. The topological polar surface area (TPSA) is 67.9 Å². The summed E-state index contributed by atoms with van der Waals surface area (Å²) in [6, 6.07) is 21.5. The van der Waals surface area contributed by atoms with Crippen LogP contribution in [0.1, 0.15) is 12.8 Å². The number of benzene rings is 2. The summed E-state index contributed by atoms with van der Waals surface area (Å²) in [4.78, 5) is 0. The summed E-state index contributed by atoms with van der Waals surface area (Å²) in [5.74, 6) is 0. The SMILES string of the molecule is CO[Si]1(OC)CC(CCCOCC2CO2)O[Si](c2ccccc2)(c2ccccc2)[Si]1(OC)OC. The Morgan fingerprint density at radius 1 is 0.794 bits per heavy atom. The van der Waals surface area contributed by atoms with Crippen LogP contribution in [0.15, 0.2) is 60.7 Å². The summed E-state index contributed by atoms with van der Waals surface area (Å²) in [5, 5.41) is 2.24. The maximum atomic E-state index is 7.29. The quantitative estimate of drug-likeness (QED) is 0.241. The molecule has 2 aromatic carbocycles. The molecule has 0 aromatic heterocycles. The molecule has 2 aliphatic rings. The number of ether oxygens (including phenoxy) is 2. The highest BCUT2D eigenvalue weighted by molar-refractivity contribution is 7.67. The van der Waals surface area contributed by atoms with Crippen molar-refractivity contribution in [1.29, 1.82) is 0 Å². The van der Waals surface area contributed by atoms with Crippen LogP contribution in [0.5, 0.6) is 0 Å². The Morgan fingerprint density at radius 3 is 1.82 bits per heavy atom. The van der Waals surface area contributed by atoms with E-state index in [0.29, 0.717) is 19.3 Å². The van der Waals surface area contributed by atoms with Crippen molar-refractivity contribution in [1.82, 2.24) is 0 Å². The molecule has 4 rings (SSSR count). The summed E-state index contributed by atoms with van der Waals surface area (Å²) in [6.07, 6.45) is 1.96. The van der Waals surface area contributed by atoms with Crippen molar-refractivity contribution in [3.05, 3.63) is 60.7 Å². The number of rotatable bonds is 12. The standard InChI is InChI=1S/C24H36O7Si3/c1-25-32(26-2)20-21(12-11-17-29-18-22-19-30-22)31-33(34(32,27-3)28-4,23-13-7-5-8-14-23)24-15-9-6-10-16-24/h5-10,13-16,21-22H,11-12,17-20H2,1-4H3. The van der Waals surface area contributed by atoms with Gasteiger partial charge < -0.3 is 31.6 Å². The van der Waals surface area contributed by atoms with Gasteiger partial charge in [-0.3, -0.25) is 0 Å². The third-order valence-corrected chi connectivity index (χ3v) is 34.1. The normalized spacial score (nSPS) is 24.6. The van der Waals surface area contributed by atoms with E-state index in [9.17, 15) is 0 Å². The predicted molar refractivity (Wildman–Crippen MR) is 137 cm³/mol. The summed E-state index contributed by atoms with van der Waals surface area (Å²) in [6.45, 7) is 2.15. The number of epoxide rings is 1. The Labute approximate surface area is 205 Å². The van der Waals surface area contributed by atoms with E-state index in [1.54, 1.807) is 28.4 Å². The molecule has 0 radical (unpaired) electrons. The van der Waals surface area contributed by atoms with Gasteiger partial charge in [-0.15, -0.1) is 0 Å². The second-order valence-corrected chi connectivity index (χ2v) is 26.1. The Kier molecular flexibility index (Phi) is 8.57. The van der Waals surface area contributed by atoms with Gasteiger partial charge >= 0.3 is 23.5 Å². The molecule has 186 valence electrons. The van der Waals surface area contributed by atoms with Gasteiger partial charge in [0, 0.05) is 47.2 Å². The third-order valence-electron chi connectivity index (χ3n) is 6.92. The van der Waals surface area contributed by atoms with Gasteiger partial charge in [0.1, 0.15) is 6.10 Å². The van der Waals surface area contributed by atoms with Crippen LogP contribution in [0.3, 0.4) is 0 Å². The second-order valence-electron chi connectivity index (χ2n) is 8.72. The van der Waals surface area contributed by atoms with Gasteiger partial charge in [-0.2, -0.15) is 0 Å². The molecule has 10 heteroatoms. The molecule has 7 nitrogen and oxygen atoms in total. The molecule has 0 N–H and O–H groups in total. The maximum Gasteiger partial charge on any atom is 0.406 e. The van der Waals surface area contributed by atoms with Crippen molar-refractivity contribution in [3.63, 3.8) is 0 Å². The highest BCUT2D eigenvalue weighted by atomic mass is 29.7. The minimum Gasteiger partial charge on any atom is -0.403 e. The molecular weight excluding hydrogens is 485 g/mol. The lowest BCUT2D eigenvalue weighted by Gasteiger charge is -2.55. The minimum absolute atomic E-state index is 0.0506. The first-order valence-corrected chi connectivity index (χ1v) is 19.5. The summed E-state index contributed by atoms with van der Waals surface area (Å²) >= 11 is 0. The zero-order chi connectivity index (χ0) is 24.1. The largest absolute Gasteiger partial charge is 0.406 e. The van der Waals surface area contributed by atoms with E-state index in [4.69, 9.17) is 31.6 Å². The lowest BCUT2D eigenvalue weighted by atomic mass is 10.2. The van der Waals surface area contributed by atoms with Crippen molar-refractivity contribution in [2.45, 2.75) is 31.1 Å². The molecule has 2 fully saturated rings. The Morgan fingerprint density at radius 2 is 1.35 bits per heavy atom. The molecule has 0 amide bonds. The van der Waals surface area contributed by atoms with Crippen LogP contribution in [0.25, 0.3) is 0 Å². The molecule has 2 saturated heterocycles. The van der Waals surface area contributed by atoms with Crippen molar-refractivity contribution in [2.24, 2.45) is 0 Å². The summed E-state index contributed by atoms with van der Waals surface area (Å²) in [7, 11) is -2.32. The summed E-state index contributed by atoms with van der Waals surface area (Å²) in [5.41, 5.74) is 0. The third kappa shape index (κ3) is 4.52. The fourth-order valence-corrected chi connectivity index (χ4v) is 36.3. The fraction of sp³-hybridized carbons (Fsp3) is 0.500. The first-order valence-electron chi connectivity index (χ1n) is 11.8. The predicted octanol–water partition coefficient (Wildman–Crippen LogP) is 1.97. The van der Waals surface area contributed by atoms with E-state index < -0.39 is 23.5 Å². The average Bonchev–Trinajstić information content (AvgIpc) is 3.73. The Bertz CT molecular complexity index is 850. The minimum atomic E-state index is -3.21. The van der Waals surface area contributed by atoms with E-state index in [0.717, 1.165) is 29.8 Å². The van der Waals surface area contributed by atoms with Gasteiger partial charge in [-0.1, -0.05) is 60.7 Å². The van der Waals surface area contributed by atoms with Crippen LogP contribution in [0.2, 0.25) is 6.04 Å². The zero-order valence-electron chi connectivity index (χ0n) is 20.5. The van der Waals surface area contributed by atoms with Gasteiger partial charge in [-0.25, -0.2) is 0 Å². The van der Waals surface area contributed by atoms with Crippen molar-refractivity contribution in [3.8, 4) is 0 Å². The van der Waals surface area contributed by atoms with Crippen LogP contribution < -0.4 is 10.4 Å². The summed E-state index contributed by atoms with van der Waals surface area (Å²) < 4.78 is 44.0. The molecule has 0 aliphatic carbocycles. The van der Waals surface area contributed by atoms with Crippen LogP contribution in [-0.4, -0.2) is 84.0 Å².